The molecule has 0 radical (unpaired) electrons. The van der Waals surface area contributed by atoms with E-state index in [9.17, 15) is 4.79 Å². The third-order valence-corrected chi connectivity index (χ3v) is 1.85. The molecular formula is C12H14O3. The second-order valence-corrected chi connectivity index (χ2v) is 3.21. The lowest BCUT2D eigenvalue weighted by Gasteiger charge is -2.05. The lowest BCUT2D eigenvalue weighted by atomic mass is 10.2. The third kappa shape index (κ3) is 3.46. The summed E-state index contributed by atoms with van der Waals surface area (Å²) >= 11 is 0. The molecule has 0 aromatic heterocycles. The molecule has 80 valence electrons. The number of hydrogen-bond acceptors (Lipinski definition) is 3. The first-order valence-corrected chi connectivity index (χ1v) is 4.59. The average molecular weight is 206 g/mol. The smallest absolute Gasteiger partial charge is 0.333 e. The predicted octanol–water partition coefficient (Wildman–Crippen LogP) is 2.31. The van der Waals surface area contributed by atoms with E-state index < -0.39 is 0 Å². The molecule has 0 aliphatic carbocycles. The van der Waals surface area contributed by atoms with Crippen LogP contribution >= 0.6 is 0 Å². The van der Waals surface area contributed by atoms with Crippen LogP contribution < -0.4 is 4.74 Å². The average Bonchev–Trinajstić information content (AvgIpc) is 2.26. The van der Waals surface area contributed by atoms with Crippen LogP contribution in [0.4, 0.5) is 0 Å². The number of hydrogen-bond donors (Lipinski definition) is 0. The molecule has 0 spiro atoms. The van der Waals surface area contributed by atoms with Crippen LogP contribution in [-0.4, -0.2) is 13.1 Å². The van der Waals surface area contributed by atoms with Gasteiger partial charge in [0.05, 0.1) is 7.11 Å². The van der Waals surface area contributed by atoms with Gasteiger partial charge in [-0.2, -0.15) is 0 Å². The highest BCUT2D eigenvalue weighted by atomic mass is 16.5. The third-order valence-electron chi connectivity index (χ3n) is 1.85. The van der Waals surface area contributed by atoms with Crippen molar-refractivity contribution in [1.82, 2.24) is 0 Å². The quantitative estimate of drug-likeness (QED) is 0.560. The van der Waals surface area contributed by atoms with Gasteiger partial charge in [-0.25, -0.2) is 4.79 Å². The fraction of sp³-hybridized carbons (Fsp3) is 0.250. The van der Waals surface area contributed by atoms with E-state index in [4.69, 9.17) is 9.47 Å². The number of methoxy groups -OCH3 is 1. The van der Waals surface area contributed by atoms with E-state index in [1.165, 1.54) is 0 Å². The largest absolute Gasteiger partial charge is 0.497 e. The molecule has 3 heteroatoms. The Kier molecular flexibility index (Phi) is 3.92. The van der Waals surface area contributed by atoms with Crippen LogP contribution in [0.15, 0.2) is 36.4 Å². The maximum atomic E-state index is 11.1. The van der Waals surface area contributed by atoms with Gasteiger partial charge in [0.15, 0.2) is 0 Å². The molecule has 0 heterocycles. The van der Waals surface area contributed by atoms with Crippen molar-refractivity contribution in [3.05, 3.63) is 42.0 Å². The Hall–Kier alpha value is -1.77. The molecule has 15 heavy (non-hydrogen) atoms. The highest BCUT2D eigenvalue weighted by Gasteiger charge is 2.03. The lowest BCUT2D eigenvalue weighted by molar-refractivity contribution is -0.140. The first-order chi connectivity index (χ1) is 7.13. The van der Waals surface area contributed by atoms with Gasteiger partial charge in [0.2, 0.25) is 0 Å². The SMILES string of the molecule is C=C(C)C(=O)OCc1cccc(OC)c1. The molecule has 1 rings (SSSR count). The molecule has 0 amide bonds. The Morgan fingerprint density at radius 2 is 2.20 bits per heavy atom. The number of benzene rings is 1. The minimum atomic E-state index is -0.377. The zero-order valence-electron chi connectivity index (χ0n) is 8.95. The van der Waals surface area contributed by atoms with Crippen LogP contribution in [-0.2, 0) is 16.1 Å². The summed E-state index contributed by atoms with van der Waals surface area (Å²) in [5.74, 6) is 0.372. The monoisotopic (exact) mass is 206 g/mol. The number of carbonyl (C=O) groups excluding carboxylic acids is 1. The molecule has 0 saturated heterocycles. The van der Waals surface area contributed by atoms with Gasteiger partial charge in [0.25, 0.3) is 0 Å². The van der Waals surface area contributed by atoms with E-state index in [1.807, 2.05) is 24.3 Å². The van der Waals surface area contributed by atoms with Crippen molar-refractivity contribution >= 4 is 5.97 Å². The van der Waals surface area contributed by atoms with E-state index in [0.717, 1.165) is 11.3 Å². The molecule has 1 aromatic carbocycles. The zero-order valence-corrected chi connectivity index (χ0v) is 8.95. The van der Waals surface area contributed by atoms with Crippen molar-refractivity contribution in [3.8, 4) is 5.75 Å². The van der Waals surface area contributed by atoms with Crippen molar-refractivity contribution in [2.75, 3.05) is 7.11 Å². The Morgan fingerprint density at radius 1 is 1.47 bits per heavy atom. The second kappa shape index (κ2) is 5.20. The Balaban J connectivity index is 2.57. The molecule has 3 nitrogen and oxygen atoms in total. The Labute approximate surface area is 89.3 Å². The van der Waals surface area contributed by atoms with Crippen LogP contribution in [0.25, 0.3) is 0 Å². The van der Waals surface area contributed by atoms with Crippen molar-refractivity contribution in [3.63, 3.8) is 0 Å². The van der Waals surface area contributed by atoms with Crippen LogP contribution in [0.5, 0.6) is 5.75 Å². The van der Waals surface area contributed by atoms with Gasteiger partial charge in [-0.15, -0.1) is 0 Å². The van der Waals surface area contributed by atoms with Gasteiger partial charge >= 0.3 is 5.97 Å². The van der Waals surface area contributed by atoms with Gasteiger partial charge in [-0.05, 0) is 24.6 Å². The summed E-state index contributed by atoms with van der Waals surface area (Å²) in [4.78, 5) is 11.1. The maximum absolute atomic E-state index is 11.1. The number of ether oxygens (including phenoxy) is 2. The molecule has 0 aliphatic rings. The highest BCUT2D eigenvalue weighted by Crippen LogP contribution is 2.13. The summed E-state index contributed by atoms with van der Waals surface area (Å²) in [7, 11) is 1.60. The molecule has 0 fully saturated rings. The summed E-state index contributed by atoms with van der Waals surface area (Å²) < 4.78 is 10.0. The fourth-order valence-electron chi connectivity index (χ4n) is 1.03. The summed E-state index contributed by atoms with van der Waals surface area (Å²) in [5, 5.41) is 0. The van der Waals surface area contributed by atoms with E-state index >= 15 is 0 Å². The van der Waals surface area contributed by atoms with Gasteiger partial charge in [0, 0.05) is 5.57 Å². The standard InChI is InChI=1S/C12H14O3/c1-9(2)12(13)15-8-10-5-4-6-11(7-10)14-3/h4-7H,1,8H2,2-3H3. The van der Waals surface area contributed by atoms with E-state index in [1.54, 1.807) is 14.0 Å². The van der Waals surface area contributed by atoms with Crippen molar-refractivity contribution in [2.24, 2.45) is 0 Å². The molecule has 0 saturated carbocycles. The van der Waals surface area contributed by atoms with Crippen molar-refractivity contribution < 1.29 is 14.3 Å². The summed E-state index contributed by atoms with van der Waals surface area (Å²) in [6, 6.07) is 7.38. The van der Waals surface area contributed by atoms with Gasteiger partial charge in [0.1, 0.15) is 12.4 Å². The maximum Gasteiger partial charge on any atom is 0.333 e. The van der Waals surface area contributed by atoms with Crippen LogP contribution in [0, 0.1) is 0 Å². The Morgan fingerprint density at radius 3 is 2.80 bits per heavy atom. The van der Waals surface area contributed by atoms with Gasteiger partial charge in [-0.3, -0.25) is 0 Å². The fourth-order valence-corrected chi connectivity index (χ4v) is 1.03. The minimum absolute atomic E-state index is 0.239. The number of esters is 1. The van der Waals surface area contributed by atoms with Crippen LogP contribution in [0.2, 0.25) is 0 Å². The molecule has 0 bridgehead atoms. The Bertz CT molecular complexity index is 369. The molecular weight excluding hydrogens is 192 g/mol. The van der Waals surface area contributed by atoms with Crippen LogP contribution in [0.1, 0.15) is 12.5 Å². The van der Waals surface area contributed by atoms with E-state index in [-0.39, 0.29) is 12.6 Å². The molecule has 1 aromatic rings. The number of rotatable bonds is 4. The zero-order chi connectivity index (χ0) is 11.3. The van der Waals surface area contributed by atoms with Gasteiger partial charge < -0.3 is 9.47 Å². The summed E-state index contributed by atoms with van der Waals surface area (Å²) in [6.07, 6.45) is 0. The van der Waals surface area contributed by atoms with E-state index in [2.05, 4.69) is 6.58 Å². The first-order valence-electron chi connectivity index (χ1n) is 4.59. The van der Waals surface area contributed by atoms with Crippen molar-refractivity contribution in [1.29, 1.82) is 0 Å². The molecule has 0 unspecified atom stereocenters. The molecule has 0 aliphatic heterocycles. The lowest BCUT2D eigenvalue weighted by Crippen LogP contribution is -2.04. The summed E-state index contributed by atoms with van der Waals surface area (Å²) in [5.41, 5.74) is 1.29. The highest BCUT2D eigenvalue weighted by molar-refractivity contribution is 5.86. The van der Waals surface area contributed by atoms with Gasteiger partial charge in [-0.1, -0.05) is 18.7 Å². The van der Waals surface area contributed by atoms with Crippen molar-refractivity contribution in [2.45, 2.75) is 13.5 Å². The topological polar surface area (TPSA) is 35.5 Å². The second-order valence-electron chi connectivity index (χ2n) is 3.21. The van der Waals surface area contributed by atoms with Crippen LogP contribution in [0.3, 0.4) is 0 Å². The normalized spacial score (nSPS) is 9.47. The summed E-state index contributed by atoms with van der Waals surface area (Å²) in [6.45, 7) is 5.36. The minimum Gasteiger partial charge on any atom is -0.497 e. The first kappa shape index (κ1) is 11.3. The number of carbonyl (C=O) groups is 1. The predicted molar refractivity (Wildman–Crippen MR) is 57.6 cm³/mol. The molecule has 0 N–H and O–H groups in total. The van der Waals surface area contributed by atoms with E-state index in [0.29, 0.717) is 5.57 Å². The molecule has 0 atom stereocenters.